The second-order valence-corrected chi connectivity index (χ2v) is 6.32. The molecular formula is C23H20. The lowest BCUT2D eigenvalue weighted by molar-refractivity contribution is 0.543. The Balaban J connectivity index is 2.16. The number of hydrogen-bond donors (Lipinski definition) is 0. The van der Waals surface area contributed by atoms with E-state index in [1.165, 1.54) is 33.0 Å². The Labute approximate surface area is 137 Å². The number of allylic oxidation sites excluding steroid dienone is 2. The molecule has 0 fully saturated rings. The molecule has 1 aliphatic rings. The van der Waals surface area contributed by atoms with Gasteiger partial charge < -0.3 is 0 Å². The third-order valence-electron chi connectivity index (χ3n) is 5.14. The van der Waals surface area contributed by atoms with E-state index in [1.54, 1.807) is 0 Å². The van der Waals surface area contributed by atoms with Gasteiger partial charge in [0.2, 0.25) is 0 Å². The van der Waals surface area contributed by atoms with Crippen molar-refractivity contribution in [3.63, 3.8) is 0 Å². The van der Waals surface area contributed by atoms with Crippen molar-refractivity contribution in [3.8, 4) is 11.1 Å². The minimum Gasteiger partial charge on any atom is -0.103 e. The van der Waals surface area contributed by atoms with E-state index in [9.17, 15) is 0 Å². The van der Waals surface area contributed by atoms with Crippen molar-refractivity contribution in [3.05, 3.63) is 97.1 Å². The first-order valence-corrected chi connectivity index (χ1v) is 8.16. The highest BCUT2D eigenvalue weighted by molar-refractivity contribution is 6.02. The molecule has 3 aromatic rings. The molecule has 0 saturated heterocycles. The van der Waals surface area contributed by atoms with Crippen LogP contribution in [0.1, 0.15) is 24.0 Å². The summed E-state index contributed by atoms with van der Waals surface area (Å²) in [7, 11) is 0. The van der Waals surface area contributed by atoms with Gasteiger partial charge in [-0.1, -0.05) is 72.8 Å². The summed E-state index contributed by atoms with van der Waals surface area (Å²) in [6.45, 7) is 8.05. The van der Waals surface area contributed by atoms with Gasteiger partial charge >= 0.3 is 0 Å². The number of benzene rings is 3. The van der Waals surface area contributed by atoms with Crippen LogP contribution in [-0.2, 0) is 5.41 Å². The molecule has 0 heterocycles. The van der Waals surface area contributed by atoms with Crippen LogP contribution in [0, 0.1) is 0 Å². The Morgan fingerprint density at radius 1 is 0.739 bits per heavy atom. The average Bonchev–Trinajstić information content (AvgIpc) is 2.87. The highest BCUT2D eigenvalue weighted by Crippen LogP contribution is 2.54. The van der Waals surface area contributed by atoms with E-state index in [2.05, 4.69) is 73.8 Å². The molecule has 0 aliphatic heterocycles. The third-order valence-corrected chi connectivity index (χ3v) is 5.14. The zero-order valence-corrected chi connectivity index (χ0v) is 13.3. The van der Waals surface area contributed by atoms with Gasteiger partial charge in [-0.2, -0.15) is 0 Å². The summed E-state index contributed by atoms with van der Waals surface area (Å²) in [6.07, 6.45) is 5.96. The number of rotatable bonds is 4. The fourth-order valence-corrected chi connectivity index (χ4v) is 4.24. The lowest BCUT2D eigenvalue weighted by Crippen LogP contribution is -2.23. The van der Waals surface area contributed by atoms with Gasteiger partial charge in [-0.15, -0.1) is 13.2 Å². The van der Waals surface area contributed by atoms with Gasteiger partial charge in [0.05, 0.1) is 0 Å². The summed E-state index contributed by atoms with van der Waals surface area (Å²) in [5.74, 6) is 0. The summed E-state index contributed by atoms with van der Waals surface area (Å²) in [5.41, 5.74) is 5.55. The van der Waals surface area contributed by atoms with E-state index in [4.69, 9.17) is 0 Å². The molecule has 0 atom stereocenters. The molecule has 112 valence electrons. The van der Waals surface area contributed by atoms with E-state index >= 15 is 0 Å². The highest BCUT2D eigenvalue weighted by Gasteiger charge is 2.41. The summed E-state index contributed by atoms with van der Waals surface area (Å²) in [5, 5.41) is 2.64. The first kappa shape index (κ1) is 14.0. The van der Waals surface area contributed by atoms with Crippen molar-refractivity contribution < 1.29 is 0 Å². The summed E-state index contributed by atoms with van der Waals surface area (Å²) in [4.78, 5) is 0. The second-order valence-electron chi connectivity index (χ2n) is 6.32. The van der Waals surface area contributed by atoms with E-state index in [-0.39, 0.29) is 5.41 Å². The van der Waals surface area contributed by atoms with Crippen LogP contribution >= 0.6 is 0 Å². The lowest BCUT2D eigenvalue weighted by atomic mass is 9.73. The van der Waals surface area contributed by atoms with Gasteiger partial charge in [0.15, 0.2) is 0 Å². The normalized spacial score (nSPS) is 14.3. The predicted molar refractivity (Wildman–Crippen MR) is 99.8 cm³/mol. The Bertz CT molecular complexity index is 904. The summed E-state index contributed by atoms with van der Waals surface area (Å²) >= 11 is 0. The minimum atomic E-state index is -0.0283. The Morgan fingerprint density at radius 3 is 2.22 bits per heavy atom. The maximum atomic E-state index is 4.03. The Morgan fingerprint density at radius 2 is 1.43 bits per heavy atom. The zero-order valence-electron chi connectivity index (χ0n) is 13.3. The molecule has 0 spiro atoms. The van der Waals surface area contributed by atoms with Gasteiger partial charge in [0.25, 0.3) is 0 Å². The second kappa shape index (κ2) is 5.24. The van der Waals surface area contributed by atoms with Crippen LogP contribution in [0.3, 0.4) is 0 Å². The fourth-order valence-electron chi connectivity index (χ4n) is 4.24. The Hall–Kier alpha value is -2.60. The third kappa shape index (κ3) is 1.85. The lowest BCUT2D eigenvalue weighted by Gasteiger charge is -2.30. The van der Waals surface area contributed by atoms with Crippen molar-refractivity contribution >= 4 is 10.8 Å². The maximum Gasteiger partial charge on any atom is 0.0283 e. The first-order valence-electron chi connectivity index (χ1n) is 8.16. The molecule has 23 heavy (non-hydrogen) atoms. The van der Waals surface area contributed by atoms with Crippen LogP contribution in [0.5, 0.6) is 0 Å². The van der Waals surface area contributed by atoms with Gasteiger partial charge in [-0.3, -0.25) is 0 Å². The molecule has 0 radical (unpaired) electrons. The molecule has 0 unspecified atom stereocenters. The van der Waals surface area contributed by atoms with Crippen molar-refractivity contribution in [1.29, 1.82) is 0 Å². The largest absolute Gasteiger partial charge is 0.103 e. The average molecular weight is 296 g/mol. The van der Waals surface area contributed by atoms with Crippen LogP contribution < -0.4 is 0 Å². The van der Waals surface area contributed by atoms with Crippen LogP contribution in [-0.4, -0.2) is 0 Å². The SMILES string of the molecule is C=CCC1(CC=C)c2ccccc2-c2c1ccc1ccccc21. The smallest absolute Gasteiger partial charge is 0.0283 e. The molecule has 0 bridgehead atoms. The van der Waals surface area contributed by atoms with E-state index < -0.39 is 0 Å². The first-order chi connectivity index (χ1) is 11.3. The van der Waals surface area contributed by atoms with Crippen molar-refractivity contribution in [2.24, 2.45) is 0 Å². The molecule has 0 N–H and O–H groups in total. The molecule has 3 aromatic carbocycles. The number of hydrogen-bond acceptors (Lipinski definition) is 0. The molecule has 4 rings (SSSR count). The topological polar surface area (TPSA) is 0 Å². The molecule has 0 amide bonds. The van der Waals surface area contributed by atoms with Gasteiger partial charge in [-0.05, 0) is 45.9 Å². The van der Waals surface area contributed by atoms with Gasteiger partial charge in [0.1, 0.15) is 0 Å². The standard InChI is InChI=1S/C23H20/c1-3-15-23(16-4-2)20-12-8-7-11-19(20)22-18-10-6-5-9-17(18)13-14-21(22)23/h3-14H,1-2,15-16H2. The summed E-state index contributed by atoms with van der Waals surface area (Å²) < 4.78 is 0. The molecule has 0 saturated carbocycles. The van der Waals surface area contributed by atoms with Gasteiger partial charge in [0, 0.05) is 5.41 Å². The quantitative estimate of drug-likeness (QED) is 0.498. The Kier molecular flexibility index (Phi) is 3.20. The van der Waals surface area contributed by atoms with E-state index in [0.29, 0.717) is 0 Å². The number of fused-ring (bicyclic) bond motifs is 5. The van der Waals surface area contributed by atoms with Crippen molar-refractivity contribution in [2.75, 3.05) is 0 Å². The molecule has 0 nitrogen and oxygen atoms in total. The highest BCUT2D eigenvalue weighted by atomic mass is 14.4. The van der Waals surface area contributed by atoms with E-state index in [0.717, 1.165) is 12.8 Å². The van der Waals surface area contributed by atoms with Crippen molar-refractivity contribution in [1.82, 2.24) is 0 Å². The molecule has 0 heteroatoms. The van der Waals surface area contributed by atoms with Crippen LogP contribution in [0.4, 0.5) is 0 Å². The maximum absolute atomic E-state index is 4.03. The molecular weight excluding hydrogens is 276 g/mol. The van der Waals surface area contributed by atoms with Crippen LogP contribution in [0.2, 0.25) is 0 Å². The van der Waals surface area contributed by atoms with Crippen LogP contribution in [0.15, 0.2) is 86.0 Å². The monoisotopic (exact) mass is 296 g/mol. The van der Waals surface area contributed by atoms with Crippen LogP contribution in [0.25, 0.3) is 21.9 Å². The van der Waals surface area contributed by atoms with Crippen molar-refractivity contribution in [2.45, 2.75) is 18.3 Å². The summed E-state index contributed by atoms with van der Waals surface area (Å²) in [6, 6.07) is 22.1. The van der Waals surface area contributed by atoms with Gasteiger partial charge in [-0.25, -0.2) is 0 Å². The molecule has 1 aliphatic carbocycles. The predicted octanol–water partition coefficient (Wildman–Crippen LogP) is 6.26. The zero-order chi connectivity index (χ0) is 15.9. The fraction of sp³-hybridized carbons (Fsp3) is 0.130. The van der Waals surface area contributed by atoms with E-state index in [1.807, 2.05) is 12.2 Å². The minimum absolute atomic E-state index is 0.0283. The molecule has 0 aromatic heterocycles.